The van der Waals surface area contributed by atoms with Crippen LogP contribution in [-0.4, -0.2) is 93.4 Å². The maximum atomic E-state index is 14.0. The zero-order valence-electron chi connectivity index (χ0n) is 35.5. The van der Waals surface area contributed by atoms with Crippen LogP contribution in [0.5, 0.6) is 11.5 Å². The number of amides is 1. The van der Waals surface area contributed by atoms with E-state index in [2.05, 4.69) is 62.8 Å². The van der Waals surface area contributed by atoms with Gasteiger partial charge in [-0.05, 0) is 129 Å². The molecule has 1 aromatic heterocycles. The minimum Gasteiger partial charge on any atom is -0.456 e. The van der Waals surface area contributed by atoms with E-state index in [-0.39, 0.29) is 28.1 Å². The maximum absolute atomic E-state index is 14.0. The Bertz CT molecular complexity index is 2590. The Morgan fingerprint density at radius 2 is 1.71 bits per heavy atom. The Hall–Kier alpha value is -5.41. The van der Waals surface area contributed by atoms with E-state index in [0.717, 1.165) is 106 Å². The van der Waals surface area contributed by atoms with Gasteiger partial charge < -0.3 is 24.8 Å². The van der Waals surface area contributed by atoms with Crippen molar-refractivity contribution in [2.75, 3.05) is 69.6 Å². The third kappa shape index (κ3) is 9.94. The summed E-state index contributed by atoms with van der Waals surface area (Å²) in [6, 6.07) is 24.4. The molecule has 0 radical (unpaired) electrons. The van der Waals surface area contributed by atoms with Gasteiger partial charge in [0.1, 0.15) is 17.2 Å². The number of piperazine rings is 1. The summed E-state index contributed by atoms with van der Waals surface area (Å²) in [5.41, 5.74) is 5.87. The first kappa shape index (κ1) is 43.2. The van der Waals surface area contributed by atoms with E-state index in [1.807, 2.05) is 30.3 Å². The van der Waals surface area contributed by atoms with Crippen molar-refractivity contribution in [1.82, 2.24) is 19.5 Å². The molecule has 15 heteroatoms. The number of sulfonamides is 1. The summed E-state index contributed by atoms with van der Waals surface area (Å²) >= 11 is 6.25. The lowest BCUT2D eigenvalue weighted by Gasteiger charge is -2.39. The molecule has 13 nitrogen and oxygen atoms in total. The van der Waals surface area contributed by atoms with Gasteiger partial charge in [-0.3, -0.25) is 19.8 Å². The SMILES string of the molecule is CN1CCC(CNc2ccc(S(=O)(=O)NC(=O)c3ccc(N4CCN(CC5=C(c6ccc(Cl)cc6)CC(C)(C)CC5)CC4)cc3Oc3cccc4[nH]ccc34)cc2[N+](=O)[O-])CC1. The average Bonchev–Trinajstić information content (AvgIpc) is 3.75. The molecular weight excluding hydrogens is 826 g/mol. The predicted molar refractivity (Wildman–Crippen MR) is 246 cm³/mol. The molecule has 326 valence electrons. The second-order valence-electron chi connectivity index (χ2n) is 17.7. The zero-order chi connectivity index (χ0) is 43.6. The van der Waals surface area contributed by atoms with Crippen LogP contribution < -0.4 is 19.7 Å². The molecular formula is C47H54ClN7O6S. The fourth-order valence-electron chi connectivity index (χ4n) is 8.88. The van der Waals surface area contributed by atoms with Crippen molar-refractivity contribution < 1.29 is 22.9 Å². The van der Waals surface area contributed by atoms with E-state index >= 15 is 0 Å². The van der Waals surface area contributed by atoms with E-state index in [4.69, 9.17) is 16.3 Å². The van der Waals surface area contributed by atoms with E-state index in [9.17, 15) is 23.3 Å². The van der Waals surface area contributed by atoms with Crippen molar-refractivity contribution in [2.24, 2.45) is 11.3 Å². The van der Waals surface area contributed by atoms with Crippen LogP contribution in [0, 0.1) is 21.4 Å². The van der Waals surface area contributed by atoms with Gasteiger partial charge in [-0.1, -0.05) is 49.2 Å². The second kappa shape index (κ2) is 18.1. The van der Waals surface area contributed by atoms with Crippen molar-refractivity contribution in [2.45, 2.75) is 50.8 Å². The number of likely N-dealkylation sites (tertiary alicyclic amines) is 1. The first-order valence-corrected chi connectivity index (χ1v) is 23.2. The van der Waals surface area contributed by atoms with E-state index < -0.39 is 25.7 Å². The van der Waals surface area contributed by atoms with Crippen LogP contribution in [0.25, 0.3) is 16.5 Å². The molecule has 1 aliphatic carbocycles. The minimum atomic E-state index is -4.54. The van der Waals surface area contributed by atoms with Gasteiger partial charge in [-0.15, -0.1) is 0 Å². The molecule has 3 N–H and O–H groups in total. The molecule has 62 heavy (non-hydrogen) atoms. The summed E-state index contributed by atoms with van der Waals surface area (Å²) in [5.74, 6) is 0.0811. The molecule has 2 aliphatic heterocycles. The molecule has 2 saturated heterocycles. The van der Waals surface area contributed by atoms with Gasteiger partial charge >= 0.3 is 0 Å². The molecule has 2 fully saturated rings. The number of nitro benzene ring substituents is 1. The van der Waals surface area contributed by atoms with Crippen molar-refractivity contribution in [1.29, 1.82) is 0 Å². The van der Waals surface area contributed by atoms with Gasteiger partial charge in [0.25, 0.3) is 21.6 Å². The summed E-state index contributed by atoms with van der Waals surface area (Å²) in [6.07, 6.45) is 6.94. The average molecular weight is 881 g/mol. The number of hydrogen-bond donors (Lipinski definition) is 3. The number of halogens is 1. The smallest absolute Gasteiger partial charge is 0.293 e. The normalized spacial score (nSPS) is 17.9. The number of piperidine rings is 1. The molecule has 8 rings (SSSR count). The first-order valence-electron chi connectivity index (χ1n) is 21.3. The standard InChI is InChI=1S/C47H54ClN7O6S/c1-47(2)19-15-34(40(29-47)33-7-9-35(48)10-8-33)31-53-23-25-54(26-24-53)36-11-13-39(45(27-36)61-44-6-4-5-41-38(44)16-20-49-41)46(56)51-62(59,60)37-12-14-42(43(28-37)55(57)58)50-30-32-17-21-52(3)22-18-32/h4-14,16,20,27-28,32,49-50H,15,17-19,21-26,29-31H2,1-3H3,(H,51,56). The van der Waals surface area contributed by atoms with Gasteiger partial charge in [0.2, 0.25) is 0 Å². The molecule has 5 aromatic rings. The van der Waals surface area contributed by atoms with Crippen LogP contribution in [0.15, 0.2) is 102 Å². The number of allylic oxidation sites excluding steroid dienone is 1. The van der Waals surface area contributed by atoms with Crippen molar-refractivity contribution in [3.8, 4) is 11.5 Å². The number of nitro groups is 1. The van der Waals surface area contributed by atoms with Crippen LogP contribution >= 0.6 is 11.6 Å². The van der Waals surface area contributed by atoms with Crippen LogP contribution in [-0.2, 0) is 10.0 Å². The molecule has 4 aromatic carbocycles. The highest BCUT2D eigenvalue weighted by molar-refractivity contribution is 7.90. The largest absolute Gasteiger partial charge is 0.456 e. The Kier molecular flexibility index (Phi) is 12.6. The zero-order valence-corrected chi connectivity index (χ0v) is 37.0. The van der Waals surface area contributed by atoms with Crippen molar-refractivity contribution in [3.05, 3.63) is 123 Å². The predicted octanol–water partition coefficient (Wildman–Crippen LogP) is 9.18. The summed E-state index contributed by atoms with van der Waals surface area (Å²) in [6.45, 7) is 11.1. The number of aromatic nitrogens is 1. The lowest BCUT2D eigenvalue weighted by atomic mass is 9.72. The highest BCUT2D eigenvalue weighted by Crippen LogP contribution is 2.43. The van der Waals surface area contributed by atoms with Crippen molar-refractivity contribution >= 4 is 61.1 Å². The molecule has 0 saturated carbocycles. The lowest BCUT2D eigenvalue weighted by molar-refractivity contribution is -0.384. The number of aromatic amines is 1. The van der Waals surface area contributed by atoms with Gasteiger partial charge in [0, 0.05) is 79.2 Å². The highest BCUT2D eigenvalue weighted by Gasteiger charge is 2.31. The number of hydrogen-bond acceptors (Lipinski definition) is 10. The third-order valence-corrected chi connectivity index (χ3v) is 14.2. The second-order valence-corrected chi connectivity index (χ2v) is 19.8. The lowest BCUT2D eigenvalue weighted by Crippen LogP contribution is -2.47. The van der Waals surface area contributed by atoms with Gasteiger partial charge in [-0.2, -0.15) is 0 Å². The van der Waals surface area contributed by atoms with E-state index in [1.165, 1.54) is 28.8 Å². The summed E-state index contributed by atoms with van der Waals surface area (Å²) in [7, 11) is -2.47. The summed E-state index contributed by atoms with van der Waals surface area (Å²) in [4.78, 5) is 35.3. The summed E-state index contributed by atoms with van der Waals surface area (Å²) < 4.78 is 36.1. The van der Waals surface area contributed by atoms with Crippen molar-refractivity contribution in [3.63, 3.8) is 0 Å². The summed E-state index contributed by atoms with van der Waals surface area (Å²) in [5, 5.41) is 16.8. The number of fused-ring (bicyclic) bond motifs is 1. The topological polar surface area (TPSA) is 153 Å². The fourth-order valence-corrected chi connectivity index (χ4v) is 9.99. The monoisotopic (exact) mass is 879 g/mol. The molecule has 1 amide bonds. The highest BCUT2D eigenvalue weighted by atomic mass is 35.5. The quantitative estimate of drug-likeness (QED) is 0.0771. The molecule has 3 aliphatic rings. The Morgan fingerprint density at radius 1 is 0.952 bits per heavy atom. The third-order valence-electron chi connectivity index (χ3n) is 12.6. The van der Waals surface area contributed by atoms with Gasteiger partial charge in [0.15, 0.2) is 0 Å². The number of rotatable bonds is 13. The van der Waals surface area contributed by atoms with Crippen LogP contribution in [0.2, 0.25) is 5.02 Å². The number of carbonyl (C=O) groups excluding carboxylic acids is 1. The number of carbonyl (C=O) groups is 1. The molecule has 0 unspecified atom stereocenters. The molecule has 0 bridgehead atoms. The van der Waals surface area contributed by atoms with Gasteiger partial charge in [0.05, 0.1) is 15.4 Å². The number of nitrogens with zero attached hydrogens (tertiary/aromatic N) is 4. The Labute approximate surface area is 368 Å². The van der Waals surface area contributed by atoms with Gasteiger partial charge in [-0.25, -0.2) is 13.1 Å². The molecule has 0 spiro atoms. The number of nitrogens with one attached hydrogen (secondary N) is 3. The molecule has 3 heterocycles. The fraction of sp³-hybridized carbons (Fsp3) is 0.383. The Balaban J connectivity index is 1.00. The van der Waals surface area contributed by atoms with Crippen LogP contribution in [0.4, 0.5) is 17.1 Å². The molecule has 0 atom stereocenters. The van der Waals surface area contributed by atoms with E-state index in [0.29, 0.717) is 18.2 Å². The Morgan fingerprint density at radius 3 is 2.45 bits per heavy atom. The minimum absolute atomic E-state index is 0.00342. The van der Waals surface area contributed by atoms with Crippen LogP contribution in [0.1, 0.15) is 61.9 Å². The number of ether oxygens (including phenoxy) is 1. The number of benzene rings is 4. The van der Waals surface area contributed by atoms with Crippen LogP contribution in [0.3, 0.4) is 0 Å². The van der Waals surface area contributed by atoms with E-state index in [1.54, 1.807) is 30.5 Å². The number of anilines is 2. The number of H-pyrrole nitrogens is 1. The maximum Gasteiger partial charge on any atom is 0.293 e. The first-order chi connectivity index (χ1) is 29.7.